The third kappa shape index (κ3) is 4.27. The monoisotopic (exact) mass is 346 g/mol. The average Bonchev–Trinajstić information content (AvgIpc) is 3.14. The van der Waals surface area contributed by atoms with Crippen LogP contribution in [0.25, 0.3) is 0 Å². The fourth-order valence-corrected chi connectivity index (χ4v) is 3.43. The molecule has 2 heterocycles. The number of anilines is 2. The number of benzene rings is 1. The van der Waals surface area contributed by atoms with E-state index in [1.807, 2.05) is 29.6 Å². The predicted molar refractivity (Wildman–Crippen MR) is 97.3 cm³/mol. The molecule has 5 nitrogen and oxygen atoms in total. The summed E-state index contributed by atoms with van der Waals surface area (Å²) in [5.41, 5.74) is 1.80. The topological polar surface area (TPSA) is 50.8 Å². The molecule has 6 heteroatoms. The second kappa shape index (κ2) is 8.17. The van der Waals surface area contributed by atoms with E-state index in [9.17, 15) is 4.79 Å². The van der Waals surface area contributed by atoms with Crippen LogP contribution in [0, 0.1) is 0 Å². The first kappa shape index (κ1) is 16.8. The number of ether oxygens (including phenoxy) is 2. The minimum Gasteiger partial charge on any atom is -0.495 e. The summed E-state index contributed by atoms with van der Waals surface area (Å²) >= 11 is 1.68. The molecule has 1 saturated heterocycles. The zero-order chi connectivity index (χ0) is 16.8. The predicted octanol–water partition coefficient (Wildman–Crippen LogP) is 3.16. The van der Waals surface area contributed by atoms with Crippen molar-refractivity contribution in [2.75, 3.05) is 43.6 Å². The molecule has 1 amide bonds. The maximum Gasteiger partial charge on any atom is 0.224 e. The van der Waals surface area contributed by atoms with Crippen LogP contribution in [0.2, 0.25) is 0 Å². The van der Waals surface area contributed by atoms with Gasteiger partial charge in [-0.05, 0) is 36.1 Å². The Morgan fingerprint density at radius 2 is 2.17 bits per heavy atom. The Bertz CT molecular complexity index is 667. The lowest BCUT2D eigenvalue weighted by Gasteiger charge is -2.29. The highest BCUT2D eigenvalue weighted by Gasteiger charge is 2.15. The first-order valence-corrected chi connectivity index (χ1v) is 8.97. The Morgan fingerprint density at radius 3 is 2.88 bits per heavy atom. The standard InChI is InChI=1S/C18H22N2O3S/c1-22-17-6-4-14(20-8-10-23-11-9-20)13-16(17)19-18(21)7-5-15-3-2-12-24-15/h2-4,6,12-13H,5,7-11H2,1H3,(H,19,21). The van der Waals surface area contributed by atoms with Crippen molar-refractivity contribution >= 4 is 28.6 Å². The molecule has 0 saturated carbocycles. The van der Waals surface area contributed by atoms with Gasteiger partial charge in [-0.15, -0.1) is 11.3 Å². The van der Waals surface area contributed by atoms with Gasteiger partial charge in [-0.25, -0.2) is 0 Å². The number of rotatable bonds is 6. The summed E-state index contributed by atoms with van der Waals surface area (Å²) in [5, 5.41) is 5.02. The normalized spacial score (nSPS) is 14.5. The zero-order valence-electron chi connectivity index (χ0n) is 13.8. The second-order valence-corrected chi connectivity index (χ2v) is 6.64. The number of nitrogens with one attached hydrogen (secondary N) is 1. The number of nitrogens with zero attached hydrogens (tertiary/aromatic N) is 1. The maximum absolute atomic E-state index is 12.3. The van der Waals surface area contributed by atoms with Crippen LogP contribution in [-0.2, 0) is 16.0 Å². The quantitative estimate of drug-likeness (QED) is 0.873. The number of hydrogen-bond acceptors (Lipinski definition) is 5. The van der Waals surface area contributed by atoms with Crippen molar-refractivity contribution in [2.24, 2.45) is 0 Å². The van der Waals surface area contributed by atoms with Crippen molar-refractivity contribution < 1.29 is 14.3 Å². The van der Waals surface area contributed by atoms with Crippen LogP contribution in [0.3, 0.4) is 0 Å². The highest BCUT2D eigenvalue weighted by Crippen LogP contribution is 2.30. The Balaban J connectivity index is 1.66. The number of hydrogen-bond donors (Lipinski definition) is 1. The van der Waals surface area contributed by atoms with Gasteiger partial charge in [0.25, 0.3) is 0 Å². The fraction of sp³-hybridized carbons (Fsp3) is 0.389. The SMILES string of the molecule is COc1ccc(N2CCOCC2)cc1NC(=O)CCc1cccs1. The van der Waals surface area contributed by atoms with Crippen molar-refractivity contribution in [3.8, 4) is 5.75 Å². The zero-order valence-corrected chi connectivity index (χ0v) is 14.6. The van der Waals surface area contributed by atoms with Gasteiger partial charge >= 0.3 is 0 Å². The fourth-order valence-electron chi connectivity index (χ4n) is 2.72. The lowest BCUT2D eigenvalue weighted by molar-refractivity contribution is -0.116. The summed E-state index contributed by atoms with van der Waals surface area (Å²) in [5.74, 6) is 0.678. The van der Waals surface area contributed by atoms with Gasteiger partial charge in [0.1, 0.15) is 5.75 Å². The summed E-state index contributed by atoms with van der Waals surface area (Å²) in [6.45, 7) is 3.18. The van der Waals surface area contributed by atoms with Gasteiger partial charge in [0, 0.05) is 30.1 Å². The largest absolute Gasteiger partial charge is 0.495 e. The minimum atomic E-state index is 0.000766. The summed E-state index contributed by atoms with van der Waals surface area (Å²) in [6.07, 6.45) is 1.22. The Kier molecular flexibility index (Phi) is 5.72. The van der Waals surface area contributed by atoms with Gasteiger partial charge in [0.15, 0.2) is 0 Å². The molecular formula is C18H22N2O3S. The van der Waals surface area contributed by atoms with E-state index in [-0.39, 0.29) is 5.91 Å². The molecule has 24 heavy (non-hydrogen) atoms. The molecule has 0 unspecified atom stereocenters. The van der Waals surface area contributed by atoms with E-state index < -0.39 is 0 Å². The molecule has 0 bridgehead atoms. The molecule has 0 atom stereocenters. The van der Waals surface area contributed by atoms with Crippen LogP contribution in [0.1, 0.15) is 11.3 Å². The van der Waals surface area contributed by atoms with E-state index in [0.717, 1.165) is 44.1 Å². The Morgan fingerprint density at radius 1 is 1.33 bits per heavy atom. The molecular weight excluding hydrogens is 324 g/mol. The second-order valence-electron chi connectivity index (χ2n) is 5.61. The lowest BCUT2D eigenvalue weighted by Crippen LogP contribution is -2.36. The molecule has 0 spiro atoms. The lowest BCUT2D eigenvalue weighted by atomic mass is 10.2. The third-order valence-electron chi connectivity index (χ3n) is 4.01. The van der Waals surface area contributed by atoms with Gasteiger partial charge in [0.2, 0.25) is 5.91 Å². The van der Waals surface area contributed by atoms with Crippen LogP contribution in [0.15, 0.2) is 35.7 Å². The van der Waals surface area contributed by atoms with Gasteiger partial charge < -0.3 is 19.7 Å². The summed E-state index contributed by atoms with van der Waals surface area (Å²) in [4.78, 5) is 15.7. The number of carbonyl (C=O) groups excluding carboxylic acids is 1. The Labute approximate surface area is 146 Å². The molecule has 1 fully saturated rings. The molecule has 128 valence electrons. The van der Waals surface area contributed by atoms with Gasteiger partial charge in [0.05, 0.1) is 26.0 Å². The number of amides is 1. The van der Waals surface area contributed by atoms with Crippen molar-refractivity contribution in [1.29, 1.82) is 0 Å². The van der Waals surface area contributed by atoms with E-state index in [1.165, 1.54) is 4.88 Å². The average molecular weight is 346 g/mol. The number of morpholine rings is 1. The number of carbonyl (C=O) groups is 1. The highest BCUT2D eigenvalue weighted by molar-refractivity contribution is 7.09. The smallest absolute Gasteiger partial charge is 0.224 e. The third-order valence-corrected chi connectivity index (χ3v) is 4.95. The van der Waals surface area contributed by atoms with E-state index in [2.05, 4.69) is 16.3 Å². The van der Waals surface area contributed by atoms with Crippen molar-refractivity contribution in [3.63, 3.8) is 0 Å². The molecule has 1 aromatic heterocycles. The summed E-state index contributed by atoms with van der Waals surface area (Å²) in [7, 11) is 1.62. The van der Waals surface area contributed by atoms with Crippen molar-refractivity contribution in [2.45, 2.75) is 12.8 Å². The van der Waals surface area contributed by atoms with Gasteiger partial charge in [-0.3, -0.25) is 4.79 Å². The molecule has 2 aromatic rings. The van der Waals surface area contributed by atoms with Crippen LogP contribution in [0.4, 0.5) is 11.4 Å². The van der Waals surface area contributed by atoms with E-state index in [1.54, 1.807) is 18.4 Å². The minimum absolute atomic E-state index is 0.000766. The van der Waals surface area contributed by atoms with E-state index >= 15 is 0 Å². The van der Waals surface area contributed by atoms with Crippen LogP contribution in [0.5, 0.6) is 5.75 Å². The van der Waals surface area contributed by atoms with E-state index in [0.29, 0.717) is 12.2 Å². The summed E-state index contributed by atoms with van der Waals surface area (Å²) < 4.78 is 10.8. The van der Waals surface area contributed by atoms with Gasteiger partial charge in [-0.1, -0.05) is 6.07 Å². The van der Waals surface area contributed by atoms with Crippen molar-refractivity contribution in [1.82, 2.24) is 0 Å². The highest BCUT2D eigenvalue weighted by atomic mass is 32.1. The van der Waals surface area contributed by atoms with Crippen LogP contribution in [-0.4, -0.2) is 39.3 Å². The number of methoxy groups -OCH3 is 1. The van der Waals surface area contributed by atoms with Crippen LogP contribution >= 0.6 is 11.3 Å². The molecule has 0 aliphatic carbocycles. The van der Waals surface area contributed by atoms with Crippen LogP contribution < -0.4 is 15.0 Å². The molecule has 0 radical (unpaired) electrons. The van der Waals surface area contributed by atoms with Gasteiger partial charge in [-0.2, -0.15) is 0 Å². The first-order valence-electron chi connectivity index (χ1n) is 8.09. The maximum atomic E-state index is 12.3. The molecule has 1 N–H and O–H groups in total. The molecule has 3 rings (SSSR count). The first-order chi connectivity index (χ1) is 11.8. The number of thiophene rings is 1. The summed E-state index contributed by atoms with van der Waals surface area (Å²) in [6, 6.07) is 9.96. The number of aryl methyl sites for hydroxylation is 1. The van der Waals surface area contributed by atoms with E-state index in [4.69, 9.17) is 9.47 Å². The molecule has 1 aromatic carbocycles. The molecule has 1 aliphatic heterocycles. The van der Waals surface area contributed by atoms with Crippen molar-refractivity contribution in [3.05, 3.63) is 40.6 Å². The Hall–Kier alpha value is -2.05. The molecule has 1 aliphatic rings.